The molecule has 7 nitrogen and oxygen atoms in total. The highest BCUT2D eigenvalue weighted by Gasteiger charge is 2.17. The van der Waals surface area contributed by atoms with Crippen molar-refractivity contribution < 1.29 is 9.18 Å². The van der Waals surface area contributed by atoms with E-state index in [1.165, 1.54) is 24.0 Å². The van der Waals surface area contributed by atoms with Gasteiger partial charge in [0.25, 0.3) is 5.91 Å². The summed E-state index contributed by atoms with van der Waals surface area (Å²) in [6, 6.07) is 17.9. The van der Waals surface area contributed by atoms with Crippen molar-refractivity contribution in [2.45, 2.75) is 12.1 Å². The molecule has 0 saturated heterocycles. The maximum absolute atomic E-state index is 13.6. The van der Waals surface area contributed by atoms with Crippen LogP contribution in [0, 0.1) is 12.7 Å². The van der Waals surface area contributed by atoms with Crippen molar-refractivity contribution in [1.29, 1.82) is 0 Å². The third kappa shape index (κ3) is 5.06. The van der Waals surface area contributed by atoms with Crippen LogP contribution in [0.5, 0.6) is 0 Å². The molecule has 4 rings (SSSR count). The van der Waals surface area contributed by atoms with Gasteiger partial charge in [0, 0.05) is 29.2 Å². The number of hydrogen-bond acceptors (Lipinski definition) is 6. The number of nitrogens with zero attached hydrogens (tertiary/aromatic N) is 5. The molecule has 0 spiro atoms. The molecule has 0 aliphatic carbocycles. The zero-order valence-corrected chi connectivity index (χ0v) is 18.0. The number of rotatable bonds is 7. The Labute approximate surface area is 188 Å². The van der Waals surface area contributed by atoms with Crippen molar-refractivity contribution >= 4 is 23.9 Å². The summed E-state index contributed by atoms with van der Waals surface area (Å²) < 4.78 is 15.5. The first-order valence-electron chi connectivity index (χ1n) is 9.74. The van der Waals surface area contributed by atoms with Gasteiger partial charge in [-0.15, -0.1) is 10.2 Å². The van der Waals surface area contributed by atoms with Crippen LogP contribution in [0.25, 0.3) is 17.1 Å². The predicted octanol–water partition coefficient (Wildman–Crippen LogP) is 4.02. The van der Waals surface area contributed by atoms with Crippen molar-refractivity contribution in [3.8, 4) is 17.1 Å². The summed E-state index contributed by atoms with van der Waals surface area (Å²) in [5.41, 5.74) is 5.58. The van der Waals surface area contributed by atoms with Crippen LogP contribution >= 0.6 is 11.8 Å². The molecule has 2 aromatic carbocycles. The van der Waals surface area contributed by atoms with E-state index < -0.39 is 5.82 Å². The van der Waals surface area contributed by atoms with Gasteiger partial charge in [-0.05, 0) is 37.3 Å². The summed E-state index contributed by atoms with van der Waals surface area (Å²) in [4.78, 5) is 16.3. The molecule has 32 heavy (non-hydrogen) atoms. The van der Waals surface area contributed by atoms with Gasteiger partial charge in [0.15, 0.2) is 11.0 Å². The second-order valence-corrected chi connectivity index (χ2v) is 7.76. The first-order chi connectivity index (χ1) is 15.6. The number of aryl methyl sites for hydroxylation is 1. The standard InChI is InChI=1S/C23H19FN6OS/c1-16-6-8-19(9-7-16)30-22(17-10-12-25-13-11-17)28-29-23(30)32-15-21(31)27-26-14-18-4-2-3-5-20(18)24/h2-14H,15H2,1H3,(H,27,31)/b26-14+. The van der Waals surface area contributed by atoms with Gasteiger partial charge in [0.2, 0.25) is 0 Å². The normalized spacial score (nSPS) is 11.1. The molecule has 9 heteroatoms. The number of carbonyl (C=O) groups is 1. The molecule has 2 heterocycles. The second kappa shape index (κ2) is 9.97. The summed E-state index contributed by atoms with van der Waals surface area (Å²) >= 11 is 1.23. The van der Waals surface area contributed by atoms with Gasteiger partial charge in [0.05, 0.1) is 12.0 Å². The molecule has 0 fully saturated rings. The van der Waals surface area contributed by atoms with Crippen LogP contribution in [0.4, 0.5) is 4.39 Å². The summed E-state index contributed by atoms with van der Waals surface area (Å²) in [5.74, 6) is -0.0347. The van der Waals surface area contributed by atoms with Crippen LogP contribution in [0.15, 0.2) is 83.3 Å². The number of benzene rings is 2. The highest BCUT2D eigenvalue weighted by Crippen LogP contribution is 2.27. The fourth-order valence-electron chi connectivity index (χ4n) is 2.89. The topological polar surface area (TPSA) is 85.1 Å². The number of nitrogens with one attached hydrogen (secondary N) is 1. The Morgan fingerprint density at radius 3 is 2.59 bits per heavy atom. The van der Waals surface area contributed by atoms with E-state index in [9.17, 15) is 9.18 Å². The number of aromatic nitrogens is 4. The monoisotopic (exact) mass is 446 g/mol. The van der Waals surface area contributed by atoms with Crippen LogP contribution in [0.1, 0.15) is 11.1 Å². The largest absolute Gasteiger partial charge is 0.272 e. The molecule has 2 aromatic heterocycles. The lowest BCUT2D eigenvalue weighted by molar-refractivity contribution is -0.118. The number of pyridine rings is 1. The molecule has 0 unspecified atom stereocenters. The lowest BCUT2D eigenvalue weighted by Crippen LogP contribution is -2.20. The van der Waals surface area contributed by atoms with Crippen LogP contribution in [-0.2, 0) is 4.79 Å². The van der Waals surface area contributed by atoms with E-state index in [2.05, 4.69) is 25.7 Å². The highest BCUT2D eigenvalue weighted by atomic mass is 32.2. The maximum atomic E-state index is 13.6. The van der Waals surface area contributed by atoms with E-state index >= 15 is 0 Å². The van der Waals surface area contributed by atoms with Crippen molar-refractivity contribution in [3.63, 3.8) is 0 Å². The highest BCUT2D eigenvalue weighted by molar-refractivity contribution is 7.99. The Hall–Kier alpha value is -3.85. The van der Waals surface area contributed by atoms with E-state index in [4.69, 9.17) is 0 Å². The maximum Gasteiger partial charge on any atom is 0.250 e. The smallest absolute Gasteiger partial charge is 0.250 e. The number of hydrogen-bond donors (Lipinski definition) is 1. The molecule has 1 amide bonds. The van der Waals surface area contributed by atoms with E-state index in [1.807, 2.05) is 47.9 Å². The van der Waals surface area contributed by atoms with Crippen molar-refractivity contribution in [1.82, 2.24) is 25.2 Å². The minimum atomic E-state index is -0.408. The number of amides is 1. The van der Waals surface area contributed by atoms with Crippen molar-refractivity contribution in [2.75, 3.05) is 5.75 Å². The van der Waals surface area contributed by atoms with Gasteiger partial charge in [0.1, 0.15) is 5.82 Å². The lowest BCUT2D eigenvalue weighted by atomic mass is 10.2. The summed E-state index contributed by atoms with van der Waals surface area (Å²) in [6.07, 6.45) is 4.66. The van der Waals surface area contributed by atoms with Gasteiger partial charge in [-0.2, -0.15) is 5.10 Å². The molecule has 0 aliphatic heterocycles. The predicted molar refractivity (Wildman–Crippen MR) is 122 cm³/mol. The zero-order valence-electron chi connectivity index (χ0n) is 17.1. The first-order valence-corrected chi connectivity index (χ1v) is 10.7. The fourth-order valence-corrected chi connectivity index (χ4v) is 3.64. The van der Waals surface area contributed by atoms with E-state index in [1.54, 1.807) is 30.6 Å². The Balaban J connectivity index is 1.51. The van der Waals surface area contributed by atoms with Gasteiger partial charge < -0.3 is 0 Å². The molecule has 160 valence electrons. The molecule has 1 N–H and O–H groups in total. The van der Waals surface area contributed by atoms with Crippen LogP contribution in [0.3, 0.4) is 0 Å². The molecule has 0 aliphatic rings. The van der Waals surface area contributed by atoms with Gasteiger partial charge in [-0.25, -0.2) is 9.82 Å². The third-order valence-corrected chi connectivity index (χ3v) is 5.42. The fraction of sp³-hybridized carbons (Fsp3) is 0.0870. The molecular formula is C23H19FN6OS. The minimum Gasteiger partial charge on any atom is -0.272 e. The Morgan fingerprint density at radius 1 is 1.09 bits per heavy atom. The Bertz CT molecular complexity index is 1240. The number of hydrazone groups is 1. The Morgan fingerprint density at radius 2 is 1.84 bits per heavy atom. The summed E-state index contributed by atoms with van der Waals surface area (Å²) in [5, 5.41) is 13.0. The number of carbonyl (C=O) groups excluding carboxylic acids is 1. The lowest BCUT2D eigenvalue weighted by Gasteiger charge is -2.10. The zero-order chi connectivity index (χ0) is 22.3. The SMILES string of the molecule is Cc1ccc(-n2c(SCC(=O)N/N=C/c3ccccc3F)nnc2-c2ccncc2)cc1. The molecule has 0 radical (unpaired) electrons. The molecule has 0 saturated carbocycles. The van der Waals surface area contributed by atoms with Crippen LogP contribution in [-0.4, -0.2) is 37.6 Å². The Kier molecular flexibility index (Phi) is 6.66. The summed E-state index contributed by atoms with van der Waals surface area (Å²) in [6.45, 7) is 2.02. The third-order valence-electron chi connectivity index (χ3n) is 4.49. The number of thioether (sulfide) groups is 1. The van der Waals surface area contributed by atoms with E-state index in [0.717, 1.165) is 16.8 Å². The first kappa shape index (κ1) is 21.4. The minimum absolute atomic E-state index is 0.0644. The van der Waals surface area contributed by atoms with Crippen LogP contribution in [0.2, 0.25) is 0 Å². The summed E-state index contributed by atoms with van der Waals surface area (Å²) in [7, 11) is 0. The second-order valence-electron chi connectivity index (χ2n) is 6.82. The van der Waals surface area contributed by atoms with E-state index in [-0.39, 0.29) is 11.7 Å². The van der Waals surface area contributed by atoms with Crippen molar-refractivity contribution in [2.24, 2.45) is 5.10 Å². The molecule has 0 bridgehead atoms. The van der Waals surface area contributed by atoms with Gasteiger partial charge in [-0.1, -0.05) is 47.7 Å². The molecule has 0 atom stereocenters. The average molecular weight is 447 g/mol. The number of halogens is 1. The average Bonchev–Trinajstić information content (AvgIpc) is 3.24. The molecular weight excluding hydrogens is 427 g/mol. The van der Waals surface area contributed by atoms with E-state index in [0.29, 0.717) is 16.5 Å². The van der Waals surface area contributed by atoms with Crippen LogP contribution < -0.4 is 5.43 Å². The molecule has 4 aromatic rings. The van der Waals surface area contributed by atoms with Gasteiger partial charge >= 0.3 is 0 Å². The quantitative estimate of drug-likeness (QED) is 0.263. The van der Waals surface area contributed by atoms with Crippen molar-refractivity contribution in [3.05, 3.63) is 90.0 Å². The van der Waals surface area contributed by atoms with Gasteiger partial charge in [-0.3, -0.25) is 14.3 Å².